The Morgan fingerprint density at radius 3 is 2.80 bits per heavy atom. The van der Waals surface area contributed by atoms with Gasteiger partial charge in [0, 0.05) is 13.1 Å². The monoisotopic (exact) mass is 234 g/mol. The summed E-state index contributed by atoms with van der Waals surface area (Å²) >= 11 is 0. The molecule has 5 nitrogen and oxygen atoms in total. The van der Waals surface area contributed by atoms with Crippen LogP contribution >= 0.6 is 0 Å². The van der Waals surface area contributed by atoms with E-state index in [0.717, 1.165) is 19.4 Å². The number of hydrogen-bond donors (Lipinski definition) is 2. The van der Waals surface area contributed by atoms with E-state index in [4.69, 9.17) is 0 Å². The molecule has 0 bridgehead atoms. The molecule has 0 saturated carbocycles. The molecule has 2 N–H and O–H groups in total. The summed E-state index contributed by atoms with van der Waals surface area (Å²) in [6.45, 7) is 1.82. The lowest BCUT2D eigenvalue weighted by atomic mass is 9.84. The standard InChI is InChI=1S/C9H18N2O3S/c1-15(13,14)11-6-2-3-9(11)4-5-10-7-8(9)12/h8,10,12H,2-7H2,1H3/t8-,9-/m0/s1. The van der Waals surface area contributed by atoms with Crippen molar-refractivity contribution in [3.63, 3.8) is 0 Å². The molecule has 0 amide bonds. The second-order valence-electron chi connectivity index (χ2n) is 4.51. The first kappa shape index (κ1) is 11.3. The van der Waals surface area contributed by atoms with Gasteiger partial charge in [-0.25, -0.2) is 8.42 Å². The van der Waals surface area contributed by atoms with Gasteiger partial charge in [0.15, 0.2) is 0 Å². The predicted octanol–water partition coefficient (Wildman–Crippen LogP) is -0.865. The molecule has 2 aliphatic heterocycles. The van der Waals surface area contributed by atoms with Crippen LogP contribution in [-0.4, -0.2) is 55.4 Å². The van der Waals surface area contributed by atoms with Crippen LogP contribution in [0, 0.1) is 0 Å². The van der Waals surface area contributed by atoms with E-state index >= 15 is 0 Å². The van der Waals surface area contributed by atoms with Gasteiger partial charge in [0.2, 0.25) is 10.0 Å². The fourth-order valence-electron chi connectivity index (χ4n) is 2.85. The van der Waals surface area contributed by atoms with Crippen LogP contribution in [0.1, 0.15) is 19.3 Å². The SMILES string of the molecule is CS(=O)(=O)N1CCC[C@@]12CCNC[C@@H]2O. The Bertz CT molecular complexity index is 343. The van der Waals surface area contributed by atoms with Gasteiger partial charge in [0.05, 0.1) is 17.9 Å². The summed E-state index contributed by atoms with van der Waals surface area (Å²) in [6.07, 6.45) is 2.99. The van der Waals surface area contributed by atoms with Gasteiger partial charge in [-0.1, -0.05) is 0 Å². The van der Waals surface area contributed by atoms with Gasteiger partial charge in [0.1, 0.15) is 0 Å². The van der Waals surface area contributed by atoms with E-state index < -0.39 is 21.7 Å². The van der Waals surface area contributed by atoms with E-state index in [0.29, 0.717) is 19.5 Å². The van der Waals surface area contributed by atoms with Gasteiger partial charge in [-0.15, -0.1) is 0 Å². The van der Waals surface area contributed by atoms with Crippen molar-refractivity contribution in [2.45, 2.75) is 30.9 Å². The summed E-state index contributed by atoms with van der Waals surface area (Å²) in [5, 5.41) is 13.1. The van der Waals surface area contributed by atoms with Crippen molar-refractivity contribution >= 4 is 10.0 Å². The summed E-state index contributed by atoms with van der Waals surface area (Å²) < 4.78 is 24.8. The van der Waals surface area contributed by atoms with Crippen LogP contribution < -0.4 is 5.32 Å². The molecule has 15 heavy (non-hydrogen) atoms. The first-order valence-corrected chi connectivity index (χ1v) is 7.18. The van der Waals surface area contributed by atoms with E-state index in [9.17, 15) is 13.5 Å². The molecule has 0 aliphatic carbocycles. The van der Waals surface area contributed by atoms with Crippen molar-refractivity contribution in [1.82, 2.24) is 9.62 Å². The largest absolute Gasteiger partial charge is 0.390 e. The second-order valence-corrected chi connectivity index (χ2v) is 6.42. The fourth-order valence-corrected chi connectivity index (χ4v) is 4.28. The lowest BCUT2D eigenvalue weighted by molar-refractivity contribution is 0.00789. The molecule has 0 aromatic carbocycles. The Labute approximate surface area is 90.5 Å². The number of aliphatic hydroxyl groups excluding tert-OH is 1. The zero-order chi connectivity index (χ0) is 11.1. The number of aliphatic hydroxyl groups is 1. The van der Waals surface area contributed by atoms with Crippen LogP contribution in [-0.2, 0) is 10.0 Å². The Morgan fingerprint density at radius 2 is 2.20 bits per heavy atom. The van der Waals surface area contributed by atoms with Crippen LogP contribution in [0.3, 0.4) is 0 Å². The minimum absolute atomic E-state index is 0.492. The van der Waals surface area contributed by atoms with Crippen molar-refractivity contribution in [3.8, 4) is 0 Å². The molecule has 2 rings (SSSR count). The zero-order valence-electron chi connectivity index (χ0n) is 8.94. The van der Waals surface area contributed by atoms with E-state index in [1.165, 1.54) is 10.6 Å². The quantitative estimate of drug-likeness (QED) is 0.619. The van der Waals surface area contributed by atoms with Crippen LogP contribution in [0.25, 0.3) is 0 Å². The van der Waals surface area contributed by atoms with E-state index in [1.807, 2.05) is 0 Å². The number of sulfonamides is 1. The van der Waals surface area contributed by atoms with Crippen molar-refractivity contribution in [3.05, 3.63) is 0 Å². The average molecular weight is 234 g/mol. The molecule has 0 unspecified atom stereocenters. The highest BCUT2D eigenvalue weighted by atomic mass is 32.2. The molecule has 88 valence electrons. The Hall–Kier alpha value is -0.170. The summed E-state index contributed by atoms with van der Waals surface area (Å²) in [4.78, 5) is 0. The first-order chi connectivity index (χ1) is 6.97. The number of nitrogens with one attached hydrogen (secondary N) is 1. The van der Waals surface area contributed by atoms with Gasteiger partial charge in [0.25, 0.3) is 0 Å². The predicted molar refractivity (Wildman–Crippen MR) is 57.0 cm³/mol. The van der Waals surface area contributed by atoms with Crippen molar-refractivity contribution in [2.24, 2.45) is 0 Å². The van der Waals surface area contributed by atoms with Gasteiger partial charge < -0.3 is 10.4 Å². The topological polar surface area (TPSA) is 69.6 Å². The molecule has 2 aliphatic rings. The van der Waals surface area contributed by atoms with Crippen LogP contribution in [0.5, 0.6) is 0 Å². The average Bonchev–Trinajstić information content (AvgIpc) is 2.55. The lowest BCUT2D eigenvalue weighted by Gasteiger charge is -2.44. The second kappa shape index (κ2) is 3.69. The van der Waals surface area contributed by atoms with Crippen LogP contribution in [0.2, 0.25) is 0 Å². The van der Waals surface area contributed by atoms with Crippen molar-refractivity contribution in [1.29, 1.82) is 0 Å². The number of nitrogens with zero attached hydrogens (tertiary/aromatic N) is 1. The van der Waals surface area contributed by atoms with E-state index in [1.54, 1.807) is 0 Å². The van der Waals surface area contributed by atoms with Crippen molar-refractivity contribution < 1.29 is 13.5 Å². The summed E-state index contributed by atoms with van der Waals surface area (Å²) in [7, 11) is -3.20. The maximum atomic E-state index is 11.6. The molecular formula is C9H18N2O3S. The van der Waals surface area contributed by atoms with Crippen LogP contribution in [0.4, 0.5) is 0 Å². The third kappa shape index (κ3) is 1.80. The molecule has 0 aromatic rings. The Balaban J connectivity index is 2.32. The maximum Gasteiger partial charge on any atom is 0.211 e. The third-order valence-electron chi connectivity index (χ3n) is 3.56. The molecule has 0 aromatic heterocycles. The van der Waals surface area contributed by atoms with Gasteiger partial charge >= 0.3 is 0 Å². The highest BCUT2D eigenvalue weighted by Gasteiger charge is 2.51. The number of piperidine rings is 1. The third-order valence-corrected chi connectivity index (χ3v) is 4.91. The lowest BCUT2D eigenvalue weighted by Crippen LogP contribution is -2.61. The van der Waals surface area contributed by atoms with Crippen LogP contribution in [0.15, 0.2) is 0 Å². The highest BCUT2D eigenvalue weighted by molar-refractivity contribution is 7.88. The minimum atomic E-state index is -3.20. The fraction of sp³-hybridized carbons (Fsp3) is 1.00. The van der Waals surface area contributed by atoms with Gasteiger partial charge in [-0.2, -0.15) is 4.31 Å². The van der Waals surface area contributed by atoms with E-state index in [-0.39, 0.29) is 0 Å². The molecule has 2 saturated heterocycles. The highest BCUT2D eigenvalue weighted by Crippen LogP contribution is 2.38. The molecular weight excluding hydrogens is 216 g/mol. The molecule has 2 fully saturated rings. The van der Waals surface area contributed by atoms with Crippen molar-refractivity contribution in [2.75, 3.05) is 25.9 Å². The Morgan fingerprint density at radius 1 is 1.47 bits per heavy atom. The molecule has 0 radical (unpaired) electrons. The Kier molecular flexibility index (Phi) is 2.79. The minimum Gasteiger partial charge on any atom is -0.390 e. The normalized spacial score (nSPS) is 38.7. The smallest absolute Gasteiger partial charge is 0.211 e. The van der Waals surface area contributed by atoms with E-state index in [2.05, 4.69) is 5.32 Å². The molecule has 1 spiro atoms. The number of β-amino-alcohol motifs (C(OH)–C–C–N with tert-alkyl or cyclic N) is 1. The first-order valence-electron chi connectivity index (χ1n) is 5.33. The molecule has 6 heteroatoms. The summed E-state index contributed by atoms with van der Waals surface area (Å²) in [5.74, 6) is 0. The number of rotatable bonds is 1. The summed E-state index contributed by atoms with van der Waals surface area (Å²) in [5.41, 5.74) is -0.529. The molecule has 2 heterocycles. The molecule has 2 atom stereocenters. The number of hydrogen-bond acceptors (Lipinski definition) is 4. The summed E-state index contributed by atoms with van der Waals surface area (Å²) in [6, 6.07) is 0. The van der Waals surface area contributed by atoms with Gasteiger partial charge in [-0.05, 0) is 25.8 Å². The van der Waals surface area contributed by atoms with Gasteiger partial charge in [-0.3, -0.25) is 0 Å². The zero-order valence-corrected chi connectivity index (χ0v) is 9.76. The maximum absolute atomic E-state index is 11.6.